The van der Waals surface area contributed by atoms with Crippen molar-refractivity contribution in [1.29, 1.82) is 0 Å². The van der Waals surface area contributed by atoms with Crippen LogP contribution in [0.5, 0.6) is 5.75 Å². The summed E-state index contributed by atoms with van der Waals surface area (Å²) in [6.45, 7) is 0.586. The van der Waals surface area contributed by atoms with Gasteiger partial charge in [0.15, 0.2) is 11.6 Å². The number of aromatic nitrogens is 5. The second-order valence-corrected chi connectivity index (χ2v) is 8.33. The van der Waals surface area contributed by atoms with Gasteiger partial charge in [0, 0.05) is 44.0 Å². The van der Waals surface area contributed by atoms with Gasteiger partial charge in [-0.3, -0.25) is 14.1 Å². The summed E-state index contributed by atoms with van der Waals surface area (Å²) < 4.78 is 28.4. The SMILES string of the molecule is COc1cc2c(cc1F)n(C)c(=O)n2C[C@H]1CC[C@H](c2nnc(-c3cccnc3)o2)CC1. The number of hydrogen-bond donors (Lipinski definition) is 0. The zero-order chi connectivity index (χ0) is 22.2. The zero-order valence-corrected chi connectivity index (χ0v) is 18.0. The van der Waals surface area contributed by atoms with E-state index < -0.39 is 5.82 Å². The summed E-state index contributed by atoms with van der Waals surface area (Å²) in [5, 5.41) is 8.43. The maximum Gasteiger partial charge on any atom is 0.328 e. The van der Waals surface area contributed by atoms with Gasteiger partial charge >= 0.3 is 5.69 Å². The number of imidazole rings is 1. The standard InChI is InChI=1S/C23H24FN5O3/c1-28-18-10-17(24)20(31-2)11-19(18)29(23(28)30)13-14-5-7-15(8-6-14)21-26-27-22(32-21)16-4-3-9-25-12-16/h3-4,9-12,14-15H,5-8,13H2,1-2H3/t14-,15-. The molecular weight excluding hydrogens is 413 g/mol. The van der Waals surface area contributed by atoms with Crippen LogP contribution in [0.15, 0.2) is 45.9 Å². The van der Waals surface area contributed by atoms with Gasteiger partial charge in [-0.1, -0.05) is 0 Å². The van der Waals surface area contributed by atoms with Gasteiger partial charge in [0.05, 0.1) is 23.7 Å². The summed E-state index contributed by atoms with van der Waals surface area (Å²) in [5.74, 6) is 1.36. The average molecular weight is 437 g/mol. The smallest absolute Gasteiger partial charge is 0.328 e. The van der Waals surface area contributed by atoms with Crippen LogP contribution in [-0.4, -0.2) is 31.4 Å². The maximum atomic E-state index is 14.1. The van der Waals surface area contributed by atoms with Crippen LogP contribution in [0.4, 0.5) is 4.39 Å². The predicted octanol–water partition coefficient (Wildman–Crippen LogP) is 3.91. The lowest BCUT2D eigenvalue weighted by atomic mass is 9.82. The van der Waals surface area contributed by atoms with E-state index in [1.165, 1.54) is 17.7 Å². The highest BCUT2D eigenvalue weighted by atomic mass is 19.1. The molecule has 3 aromatic heterocycles. The van der Waals surface area contributed by atoms with Crippen molar-refractivity contribution in [1.82, 2.24) is 24.3 Å². The molecule has 0 aliphatic heterocycles. The van der Waals surface area contributed by atoms with E-state index in [-0.39, 0.29) is 17.4 Å². The average Bonchev–Trinajstić information content (AvgIpc) is 3.40. The molecule has 5 rings (SSSR count). The molecule has 166 valence electrons. The van der Waals surface area contributed by atoms with Crippen molar-refractivity contribution in [3.8, 4) is 17.2 Å². The molecule has 1 saturated carbocycles. The minimum Gasteiger partial charge on any atom is -0.494 e. The minimum absolute atomic E-state index is 0.140. The molecule has 0 amide bonds. The van der Waals surface area contributed by atoms with Crippen molar-refractivity contribution in [2.24, 2.45) is 13.0 Å². The fourth-order valence-electron chi connectivity index (χ4n) is 4.59. The molecule has 1 aliphatic carbocycles. The molecule has 0 N–H and O–H groups in total. The number of pyridine rings is 1. The Bertz CT molecular complexity index is 1300. The predicted molar refractivity (Wildman–Crippen MR) is 116 cm³/mol. The second kappa shape index (κ2) is 8.22. The normalized spacial score (nSPS) is 18.8. The highest BCUT2D eigenvalue weighted by molar-refractivity contribution is 5.78. The first-order valence-corrected chi connectivity index (χ1v) is 10.7. The van der Waals surface area contributed by atoms with Crippen LogP contribution >= 0.6 is 0 Å². The van der Waals surface area contributed by atoms with Gasteiger partial charge in [-0.25, -0.2) is 9.18 Å². The molecule has 1 fully saturated rings. The quantitative estimate of drug-likeness (QED) is 0.470. The molecule has 4 aromatic rings. The van der Waals surface area contributed by atoms with Gasteiger partial charge in [0.2, 0.25) is 11.8 Å². The molecule has 1 aliphatic rings. The van der Waals surface area contributed by atoms with Crippen molar-refractivity contribution in [3.05, 3.63) is 58.9 Å². The molecule has 0 spiro atoms. The number of nitrogens with zero attached hydrogens (tertiary/aromatic N) is 5. The molecule has 3 heterocycles. The Balaban J connectivity index is 1.31. The lowest BCUT2D eigenvalue weighted by molar-refractivity contribution is 0.270. The van der Waals surface area contributed by atoms with Crippen LogP contribution in [0.25, 0.3) is 22.5 Å². The van der Waals surface area contributed by atoms with E-state index in [9.17, 15) is 9.18 Å². The van der Waals surface area contributed by atoms with Crippen molar-refractivity contribution in [2.45, 2.75) is 38.1 Å². The number of hydrogen-bond acceptors (Lipinski definition) is 6. The van der Waals surface area contributed by atoms with E-state index in [2.05, 4.69) is 15.2 Å². The topological polar surface area (TPSA) is 88.0 Å². The van der Waals surface area contributed by atoms with E-state index in [0.29, 0.717) is 35.3 Å². The van der Waals surface area contributed by atoms with E-state index in [0.717, 1.165) is 31.2 Å². The molecular formula is C23H24FN5O3. The zero-order valence-electron chi connectivity index (χ0n) is 18.0. The number of benzene rings is 1. The molecule has 0 atom stereocenters. The first-order valence-electron chi connectivity index (χ1n) is 10.7. The van der Waals surface area contributed by atoms with Gasteiger partial charge < -0.3 is 9.15 Å². The fourth-order valence-corrected chi connectivity index (χ4v) is 4.59. The number of methoxy groups -OCH3 is 1. The van der Waals surface area contributed by atoms with Crippen molar-refractivity contribution in [2.75, 3.05) is 7.11 Å². The molecule has 0 saturated heterocycles. The van der Waals surface area contributed by atoms with Crippen LogP contribution in [0.1, 0.15) is 37.5 Å². The highest BCUT2D eigenvalue weighted by Gasteiger charge is 2.28. The van der Waals surface area contributed by atoms with Gasteiger partial charge in [0.1, 0.15) is 0 Å². The number of rotatable bonds is 5. The summed E-state index contributed by atoms with van der Waals surface area (Å²) in [7, 11) is 3.09. The third kappa shape index (κ3) is 3.57. The van der Waals surface area contributed by atoms with Crippen LogP contribution < -0.4 is 10.4 Å². The van der Waals surface area contributed by atoms with Gasteiger partial charge in [-0.15, -0.1) is 10.2 Å². The van der Waals surface area contributed by atoms with Gasteiger partial charge in [-0.05, 0) is 43.7 Å². The third-order valence-electron chi connectivity index (χ3n) is 6.40. The lowest BCUT2D eigenvalue weighted by Gasteiger charge is -2.26. The maximum absolute atomic E-state index is 14.1. The first kappa shape index (κ1) is 20.4. The summed E-state index contributed by atoms with van der Waals surface area (Å²) >= 11 is 0. The Morgan fingerprint density at radius 3 is 2.72 bits per heavy atom. The Morgan fingerprint density at radius 1 is 1.19 bits per heavy atom. The number of aryl methyl sites for hydroxylation is 1. The summed E-state index contributed by atoms with van der Waals surface area (Å²) in [5.41, 5.74) is 1.92. The molecule has 0 bridgehead atoms. The lowest BCUT2D eigenvalue weighted by Crippen LogP contribution is -2.27. The van der Waals surface area contributed by atoms with Gasteiger partial charge in [-0.2, -0.15) is 0 Å². The fraction of sp³-hybridized carbons (Fsp3) is 0.391. The Hall–Kier alpha value is -3.49. The second-order valence-electron chi connectivity index (χ2n) is 8.33. The monoisotopic (exact) mass is 437 g/mol. The van der Waals surface area contributed by atoms with E-state index >= 15 is 0 Å². The molecule has 32 heavy (non-hydrogen) atoms. The Labute approximate surface area is 183 Å². The summed E-state index contributed by atoms with van der Waals surface area (Å²) in [6, 6.07) is 6.70. The van der Waals surface area contributed by atoms with Crippen LogP contribution in [0, 0.1) is 11.7 Å². The summed E-state index contributed by atoms with van der Waals surface area (Å²) in [4.78, 5) is 16.9. The van der Waals surface area contributed by atoms with Crippen LogP contribution in [-0.2, 0) is 13.6 Å². The van der Waals surface area contributed by atoms with Crippen molar-refractivity contribution >= 4 is 11.0 Å². The molecule has 9 heteroatoms. The molecule has 1 aromatic carbocycles. The van der Waals surface area contributed by atoms with Crippen molar-refractivity contribution < 1.29 is 13.5 Å². The van der Waals surface area contributed by atoms with Crippen LogP contribution in [0.2, 0.25) is 0 Å². The first-order chi connectivity index (χ1) is 15.5. The largest absolute Gasteiger partial charge is 0.494 e. The van der Waals surface area contributed by atoms with Crippen LogP contribution in [0.3, 0.4) is 0 Å². The Kier molecular flexibility index (Phi) is 5.24. The van der Waals surface area contributed by atoms with E-state index in [1.807, 2.05) is 12.1 Å². The molecule has 0 radical (unpaired) electrons. The number of halogens is 1. The number of ether oxygens (including phenoxy) is 1. The Morgan fingerprint density at radius 2 is 2.00 bits per heavy atom. The third-order valence-corrected chi connectivity index (χ3v) is 6.40. The molecule has 0 unspecified atom stereocenters. The number of fused-ring (bicyclic) bond motifs is 1. The van der Waals surface area contributed by atoms with E-state index in [4.69, 9.17) is 9.15 Å². The molecule has 8 nitrogen and oxygen atoms in total. The minimum atomic E-state index is -0.474. The van der Waals surface area contributed by atoms with Crippen molar-refractivity contribution in [3.63, 3.8) is 0 Å². The van der Waals surface area contributed by atoms with Gasteiger partial charge in [0.25, 0.3) is 0 Å². The summed E-state index contributed by atoms with van der Waals surface area (Å²) in [6.07, 6.45) is 7.12. The highest BCUT2D eigenvalue weighted by Crippen LogP contribution is 2.37. The van der Waals surface area contributed by atoms with E-state index in [1.54, 1.807) is 30.1 Å².